The fourth-order valence-electron chi connectivity index (χ4n) is 2.52. The minimum atomic E-state index is 0.888. The van der Waals surface area contributed by atoms with Crippen molar-refractivity contribution in [3.63, 3.8) is 0 Å². The fourth-order valence-corrected chi connectivity index (χ4v) is 2.52. The predicted molar refractivity (Wildman–Crippen MR) is 88.8 cm³/mol. The van der Waals surface area contributed by atoms with Gasteiger partial charge in [-0.3, -0.25) is 0 Å². The van der Waals surface area contributed by atoms with Crippen molar-refractivity contribution in [1.82, 2.24) is 4.90 Å². The molecule has 0 fully saturated rings. The first-order chi connectivity index (χ1) is 9.20. The molecular weight excluding hydrogens is 230 g/mol. The molecular formula is C18H39N. The zero-order valence-electron chi connectivity index (χ0n) is 14.2. The maximum Gasteiger partial charge on any atom is -0.00187 e. The van der Waals surface area contributed by atoms with Crippen LogP contribution in [-0.2, 0) is 0 Å². The van der Waals surface area contributed by atoms with Crippen molar-refractivity contribution in [2.24, 2.45) is 5.92 Å². The summed E-state index contributed by atoms with van der Waals surface area (Å²) in [6.07, 6.45) is 14.0. The fraction of sp³-hybridized carbons (Fsp3) is 1.00. The van der Waals surface area contributed by atoms with Crippen LogP contribution in [0.3, 0.4) is 0 Å². The summed E-state index contributed by atoms with van der Waals surface area (Å²) < 4.78 is 0. The molecule has 116 valence electrons. The highest BCUT2D eigenvalue weighted by Crippen LogP contribution is 2.11. The van der Waals surface area contributed by atoms with Crippen molar-refractivity contribution in [3.05, 3.63) is 0 Å². The van der Waals surface area contributed by atoms with Crippen molar-refractivity contribution < 1.29 is 0 Å². The summed E-state index contributed by atoms with van der Waals surface area (Å²) in [7, 11) is 0. The van der Waals surface area contributed by atoms with Crippen LogP contribution >= 0.6 is 0 Å². The van der Waals surface area contributed by atoms with Crippen LogP contribution < -0.4 is 0 Å². The molecule has 0 atom stereocenters. The summed E-state index contributed by atoms with van der Waals surface area (Å²) in [5, 5.41) is 0. The second-order valence-electron chi connectivity index (χ2n) is 6.50. The summed E-state index contributed by atoms with van der Waals surface area (Å²) in [6, 6.07) is 0. The first kappa shape index (κ1) is 19.0. The van der Waals surface area contributed by atoms with Crippen molar-refractivity contribution in [2.45, 2.75) is 91.9 Å². The Bertz CT molecular complexity index is 157. The molecule has 0 aliphatic heterocycles. The molecule has 0 aromatic rings. The Morgan fingerprint density at radius 2 is 1.11 bits per heavy atom. The van der Waals surface area contributed by atoms with Crippen LogP contribution in [0, 0.1) is 5.92 Å². The Kier molecular flexibility index (Phi) is 14.3. The maximum atomic E-state index is 2.70. The normalized spacial score (nSPS) is 11.7. The van der Waals surface area contributed by atoms with E-state index in [9.17, 15) is 0 Å². The van der Waals surface area contributed by atoms with Crippen LogP contribution in [0.2, 0.25) is 0 Å². The van der Waals surface area contributed by atoms with E-state index < -0.39 is 0 Å². The second kappa shape index (κ2) is 14.4. The zero-order chi connectivity index (χ0) is 14.3. The lowest BCUT2D eigenvalue weighted by atomic mass is 10.0. The highest BCUT2D eigenvalue weighted by atomic mass is 15.1. The SMILES string of the molecule is CCCCN(CCCC)CCCCCCCC(C)C. The van der Waals surface area contributed by atoms with Gasteiger partial charge in [-0.1, -0.05) is 72.6 Å². The summed E-state index contributed by atoms with van der Waals surface area (Å²) >= 11 is 0. The highest BCUT2D eigenvalue weighted by molar-refractivity contribution is 4.58. The smallest absolute Gasteiger partial charge is 0.00187 e. The molecule has 0 saturated carbocycles. The third kappa shape index (κ3) is 14.2. The minimum Gasteiger partial charge on any atom is -0.303 e. The van der Waals surface area contributed by atoms with Crippen molar-refractivity contribution in [2.75, 3.05) is 19.6 Å². The topological polar surface area (TPSA) is 3.24 Å². The molecule has 0 spiro atoms. The van der Waals surface area contributed by atoms with E-state index in [1.807, 2.05) is 0 Å². The molecule has 0 unspecified atom stereocenters. The van der Waals surface area contributed by atoms with Gasteiger partial charge in [0.2, 0.25) is 0 Å². The molecule has 0 amide bonds. The first-order valence-corrected chi connectivity index (χ1v) is 8.93. The largest absolute Gasteiger partial charge is 0.303 e. The van der Waals surface area contributed by atoms with Crippen LogP contribution in [0.1, 0.15) is 91.9 Å². The van der Waals surface area contributed by atoms with Gasteiger partial charge in [0.15, 0.2) is 0 Å². The Hall–Kier alpha value is -0.0400. The van der Waals surface area contributed by atoms with Gasteiger partial charge in [-0.25, -0.2) is 0 Å². The third-order valence-electron chi connectivity index (χ3n) is 3.91. The van der Waals surface area contributed by atoms with Crippen molar-refractivity contribution >= 4 is 0 Å². The average molecular weight is 270 g/mol. The van der Waals surface area contributed by atoms with Gasteiger partial charge in [0.25, 0.3) is 0 Å². The van der Waals surface area contributed by atoms with E-state index in [0.717, 1.165) is 5.92 Å². The molecule has 0 heterocycles. The summed E-state index contributed by atoms with van der Waals surface area (Å²) in [6.45, 7) is 13.2. The number of hydrogen-bond donors (Lipinski definition) is 0. The Balaban J connectivity index is 3.45. The molecule has 19 heavy (non-hydrogen) atoms. The van der Waals surface area contributed by atoms with E-state index in [1.54, 1.807) is 0 Å². The molecule has 0 aromatic heterocycles. The molecule has 0 N–H and O–H groups in total. The summed E-state index contributed by atoms with van der Waals surface area (Å²) in [5.74, 6) is 0.888. The molecule has 0 aliphatic rings. The van der Waals surface area contributed by atoms with E-state index >= 15 is 0 Å². The van der Waals surface area contributed by atoms with E-state index in [2.05, 4.69) is 32.6 Å². The summed E-state index contributed by atoms with van der Waals surface area (Å²) in [5.41, 5.74) is 0. The molecule has 0 aliphatic carbocycles. The van der Waals surface area contributed by atoms with Crippen LogP contribution in [-0.4, -0.2) is 24.5 Å². The van der Waals surface area contributed by atoms with Crippen LogP contribution in [0.4, 0.5) is 0 Å². The van der Waals surface area contributed by atoms with E-state index in [1.165, 1.54) is 83.8 Å². The number of nitrogens with zero attached hydrogens (tertiary/aromatic N) is 1. The van der Waals surface area contributed by atoms with Gasteiger partial charge < -0.3 is 4.90 Å². The maximum absolute atomic E-state index is 2.70. The van der Waals surface area contributed by atoms with Crippen molar-refractivity contribution in [1.29, 1.82) is 0 Å². The van der Waals surface area contributed by atoms with E-state index in [-0.39, 0.29) is 0 Å². The van der Waals surface area contributed by atoms with Crippen LogP contribution in [0.5, 0.6) is 0 Å². The molecule has 1 nitrogen and oxygen atoms in total. The monoisotopic (exact) mass is 269 g/mol. The van der Waals surface area contributed by atoms with Crippen molar-refractivity contribution in [3.8, 4) is 0 Å². The van der Waals surface area contributed by atoms with Gasteiger partial charge in [-0.2, -0.15) is 0 Å². The van der Waals surface area contributed by atoms with E-state index in [4.69, 9.17) is 0 Å². The lowest BCUT2D eigenvalue weighted by Gasteiger charge is -2.21. The standard InChI is InChI=1S/C18H39N/c1-5-7-15-19(16-8-6-2)17-13-11-9-10-12-14-18(3)4/h18H,5-17H2,1-4H3. The Morgan fingerprint density at radius 3 is 1.63 bits per heavy atom. The lowest BCUT2D eigenvalue weighted by Crippen LogP contribution is -2.27. The Morgan fingerprint density at radius 1 is 0.632 bits per heavy atom. The van der Waals surface area contributed by atoms with Gasteiger partial charge in [0.1, 0.15) is 0 Å². The molecule has 0 rings (SSSR count). The number of hydrogen-bond acceptors (Lipinski definition) is 1. The number of rotatable bonds is 14. The van der Waals surface area contributed by atoms with E-state index in [0.29, 0.717) is 0 Å². The van der Waals surface area contributed by atoms with Gasteiger partial charge in [0, 0.05) is 0 Å². The van der Waals surface area contributed by atoms with Crippen LogP contribution in [0.25, 0.3) is 0 Å². The van der Waals surface area contributed by atoms with Crippen LogP contribution in [0.15, 0.2) is 0 Å². The Labute approximate surface area is 123 Å². The molecule has 0 aromatic carbocycles. The molecule has 0 bridgehead atoms. The molecule has 0 radical (unpaired) electrons. The second-order valence-corrected chi connectivity index (χ2v) is 6.50. The predicted octanol–water partition coefficient (Wildman–Crippen LogP) is 5.89. The minimum absolute atomic E-state index is 0.888. The number of unbranched alkanes of at least 4 members (excludes halogenated alkanes) is 6. The zero-order valence-corrected chi connectivity index (χ0v) is 14.2. The average Bonchev–Trinajstić information content (AvgIpc) is 2.39. The highest BCUT2D eigenvalue weighted by Gasteiger charge is 2.03. The lowest BCUT2D eigenvalue weighted by molar-refractivity contribution is 0.258. The molecule has 1 heteroatoms. The van der Waals surface area contributed by atoms with Gasteiger partial charge in [0.05, 0.1) is 0 Å². The quantitative estimate of drug-likeness (QED) is 0.356. The van der Waals surface area contributed by atoms with Gasteiger partial charge >= 0.3 is 0 Å². The first-order valence-electron chi connectivity index (χ1n) is 8.93. The van der Waals surface area contributed by atoms with Gasteiger partial charge in [-0.15, -0.1) is 0 Å². The summed E-state index contributed by atoms with van der Waals surface area (Å²) in [4.78, 5) is 2.70. The van der Waals surface area contributed by atoms with Gasteiger partial charge in [-0.05, 0) is 44.8 Å². The third-order valence-corrected chi connectivity index (χ3v) is 3.91. The molecule has 0 saturated heterocycles.